The number of hydrogen-bond donors (Lipinski definition) is 1. The SMILES string of the molecule is NC(=S)C(=S)N(C1CC2CCC1C2)C1CC2CCC1C2. The van der Waals surface area contributed by atoms with Gasteiger partial charge in [-0.1, -0.05) is 37.3 Å². The molecule has 20 heavy (non-hydrogen) atoms. The van der Waals surface area contributed by atoms with Gasteiger partial charge in [-0.15, -0.1) is 0 Å². The van der Waals surface area contributed by atoms with Crippen LogP contribution in [0.5, 0.6) is 0 Å². The molecule has 0 saturated heterocycles. The van der Waals surface area contributed by atoms with Crippen molar-refractivity contribution in [2.75, 3.05) is 0 Å². The minimum atomic E-state index is 0.450. The molecule has 0 aliphatic heterocycles. The summed E-state index contributed by atoms with van der Waals surface area (Å²) in [6.45, 7) is 0. The molecule has 0 aromatic heterocycles. The molecule has 6 unspecified atom stereocenters. The summed E-state index contributed by atoms with van der Waals surface area (Å²) in [5.41, 5.74) is 5.92. The summed E-state index contributed by atoms with van der Waals surface area (Å²) in [5.74, 6) is 3.60. The summed E-state index contributed by atoms with van der Waals surface area (Å²) in [5, 5.41) is 0. The second-order valence-corrected chi connectivity index (χ2v) is 8.39. The highest BCUT2D eigenvalue weighted by molar-refractivity contribution is 7.89. The van der Waals surface area contributed by atoms with Crippen molar-refractivity contribution >= 4 is 34.4 Å². The molecular formula is C16H24N2S2. The molecule has 4 rings (SSSR count). The van der Waals surface area contributed by atoms with E-state index in [9.17, 15) is 0 Å². The van der Waals surface area contributed by atoms with Gasteiger partial charge in [-0.25, -0.2) is 0 Å². The fraction of sp³-hybridized carbons (Fsp3) is 0.875. The van der Waals surface area contributed by atoms with E-state index in [2.05, 4.69) is 4.90 Å². The predicted octanol–water partition coefficient (Wildman–Crippen LogP) is 3.28. The van der Waals surface area contributed by atoms with Gasteiger partial charge in [0.05, 0.1) is 0 Å². The van der Waals surface area contributed by atoms with Crippen LogP contribution < -0.4 is 5.73 Å². The van der Waals surface area contributed by atoms with Crippen LogP contribution in [0, 0.1) is 23.7 Å². The minimum Gasteiger partial charge on any atom is -0.388 e. The fourth-order valence-electron chi connectivity index (χ4n) is 5.78. The van der Waals surface area contributed by atoms with Gasteiger partial charge in [0, 0.05) is 12.1 Å². The van der Waals surface area contributed by atoms with Crippen molar-refractivity contribution in [2.24, 2.45) is 29.4 Å². The zero-order valence-electron chi connectivity index (χ0n) is 12.0. The van der Waals surface area contributed by atoms with Crippen LogP contribution in [0.3, 0.4) is 0 Å². The first kappa shape index (κ1) is 13.4. The summed E-state index contributed by atoms with van der Waals surface area (Å²) in [7, 11) is 0. The number of thiocarbonyl (C=S) groups is 2. The molecule has 4 saturated carbocycles. The first-order chi connectivity index (χ1) is 9.63. The largest absolute Gasteiger partial charge is 0.388 e. The topological polar surface area (TPSA) is 29.3 Å². The molecule has 0 amide bonds. The first-order valence-electron chi connectivity index (χ1n) is 8.25. The Kier molecular flexibility index (Phi) is 3.30. The highest BCUT2D eigenvalue weighted by Crippen LogP contribution is 2.52. The first-order valence-corrected chi connectivity index (χ1v) is 9.07. The third-order valence-corrected chi connectivity index (χ3v) is 7.31. The molecule has 2 nitrogen and oxygen atoms in total. The molecule has 4 aliphatic carbocycles. The summed E-state index contributed by atoms with van der Waals surface area (Å²) >= 11 is 10.9. The highest BCUT2D eigenvalue weighted by Gasteiger charge is 2.50. The number of rotatable bonds is 2. The maximum Gasteiger partial charge on any atom is 0.137 e. The third kappa shape index (κ3) is 2.02. The van der Waals surface area contributed by atoms with Crippen LogP contribution in [0.25, 0.3) is 0 Å². The molecule has 2 N–H and O–H groups in total. The van der Waals surface area contributed by atoms with E-state index in [1.165, 1.54) is 51.4 Å². The summed E-state index contributed by atoms with van der Waals surface area (Å²) in [4.78, 5) is 3.80. The second-order valence-electron chi connectivity index (χ2n) is 7.56. The molecule has 0 heterocycles. The third-order valence-electron chi connectivity index (χ3n) is 6.56. The Hall–Kier alpha value is -0.220. The lowest BCUT2D eigenvalue weighted by molar-refractivity contribution is 0.140. The quantitative estimate of drug-likeness (QED) is 0.793. The molecule has 4 heteroatoms. The van der Waals surface area contributed by atoms with Crippen molar-refractivity contribution in [1.29, 1.82) is 0 Å². The van der Waals surface area contributed by atoms with Gasteiger partial charge >= 0.3 is 0 Å². The smallest absolute Gasteiger partial charge is 0.137 e. The lowest BCUT2D eigenvalue weighted by atomic mass is 9.88. The van der Waals surface area contributed by atoms with Crippen molar-refractivity contribution in [2.45, 2.75) is 63.5 Å². The zero-order chi connectivity index (χ0) is 13.9. The average Bonchev–Trinajstić information content (AvgIpc) is 3.19. The Morgan fingerprint density at radius 2 is 1.30 bits per heavy atom. The Labute approximate surface area is 132 Å². The van der Waals surface area contributed by atoms with Gasteiger partial charge in [-0.2, -0.15) is 0 Å². The molecule has 0 radical (unpaired) electrons. The molecule has 4 fully saturated rings. The van der Waals surface area contributed by atoms with E-state index in [1.54, 1.807) is 0 Å². The summed E-state index contributed by atoms with van der Waals surface area (Å²) < 4.78 is 0. The number of nitrogens with zero attached hydrogens (tertiary/aromatic N) is 1. The fourth-order valence-corrected chi connectivity index (χ4v) is 6.15. The van der Waals surface area contributed by atoms with Gasteiger partial charge in [0.1, 0.15) is 9.98 Å². The monoisotopic (exact) mass is 308 g/mol. The second kappa shape index (κ2) is 4.91. The van der Waals surface area contributed by atoms with Gasteiger partial charge in [0.2, 0.25) is 0 Å². The van der Waals surface area contributed by atoms with Crippen molar-refractivity contribution in [1.82, 2.24) is 4.90 Å². The molecule has 4 aliphatic rings. The molecule has 6 atom stereocenters. The molecular weight excluding hydrogens is 284 g/mol. The van der Waals surface area contributed by atoms with Gasteiger partial charge in [0.25, 0.3) is 0 Å². The van der Waals surface area contributed by atoms with E-state index in [1.807, 2.05) is 0 Å². The van der Waals surface area contributed by atoms with Crippen LogP contribution in [0.4, 0.5) is 0 Å². The number of hydrogen-bond acceptors (Lipinski definition) is 2. The maximum atomic E-state index is 5.92. The molecule has 4 bridgehead atoms. The van der Waals surface area contributed by atoms with Crippen molar-refractivity contribution in [3.05, 3.63) is 0 Å². The Balaban J connectivity index is 1.60. The Morgan fingerprint density at radius 1 is 0.800 bits per heavy atom. The lowest BCUT2D eigenvalue weighted by Gasteiger charge is -2.43. The van der Waals surface area contributed by atoms with Crippen LogP contribution in [-0.4, -0.2) is 27.0 Å². The molecule has 0 aromatic carbocycles. The minimum absolute atomic E-state index is 0.450. The standard InChI is InChI=1S/C16H24N2S2/c17-15(19)16(20)18(13-7-9-1-3-11(13)5-9)14-8-10-2-4-12(14)6-10/h9-14H,1-8H2,(H2,17,19). The van der Waals surface area contributed by atoms with Crippen molar-refractivity contribution < 1.29 is 0 Å². The average molecular weight is 309 g/mol. The predicted molar refractivity (Wildman–Crippen MR) is 89.7 cm³/mol. The van der Waals surface area contributed by atoms with Crippen LogP contribution >= 0.6 is 24.4 Å². The van der Waals surface area contributed by atoms with Crippen LogP contribution in [-0.2, 0) is 0 Å². The van der Waals surface area contributed by atoms with E-state index in [4.69, 9.17) is 30.2 Å². The lowest BCUT2D eigenvalue weighted by Crippen LogP contribution is -2.53. The molecule has 0 aromatic rings. The van der Waals surface area contributed by atoms with Gasteiger partial charge in [0.15, 0.2) is 0 Å². The van der Waals surface area contributed by atoms with Gasteiger partial charge in [-0.05, 0) is 62.2 Å². The van der Waals surface area contributed by atoms with Crippen LogP contribution in [0.1, 0.15) is 51.4 Å². The van der Waals surface area contributed by atoms with Crippen LogP contribution in [0.2, 0.25) is 0 Å². The van der Waals surface area contributed by atoms with E-state index in [0.29, 0.717) is 17.1 Å². The highest BCUT2D eigenvalue weighted by atomic mass is 32.1. The Morgan fingerprint density at radius 3 is 1.60 bits per heavy atom. The van der Waals surface area contributed by atoms with E-state index in [0.717, 1.165) is 28.7 Å². The molecule has 110 valence electrons. The van der Waals surface area contributed by atoms with Gasteiger partial charge < -0.3 is 10.6 Å². The summed E-state index contributed by atoms with van der Waals surface area (Å²) in [6.07, 6.45) is 11.2. The molecule has 0 spiro atoms. The van der Waals surface area contributed by atoms with E-state index < -0.39 is 0 Å². The summed E-state index contributed by atoms with van der Waals surface area (Å²) in [6, 6.07) is 1.29. The number of nitrogens with two attached hydrogens (primary N) is 1. The maximum absolute atomic E-state index is 5.92. The van der Waals surface area contributed by atoms with Gasteiger partial charge in [-0.3, -0.25) is 0 Å². The van der Waals surface area contributed by atoms with E-state index >= 15 is 0 Å². The van der Waals surface area contributed by atoms with Crippen molar-refractivity contribution in [3.63, 3.8) is 0 Å². The van der Waals surface area contributed by atoms with Crippen molar-refractivity contribution in [3.8, 4) is 0 Å². The van der Waals surface area contributed by atoms with Crippen LogP contribution in [0.15, 0.2) is 0 Å². The van der Waals surface area contributed by atoms with E-state index in [-0.39, 0.29) is 0 Å². The number of fused-ring (bicyclic) bond motifs is 4. The normalized spacial score (nSPS) is 45.0. The Bertz CT molecular complexity index is 422. The zero-order valence-corrected chi connectivity index (χ0v) is 13.6.